The third-order valence-electron chi connectivity index (χ3n) is 2.52. The van der Waals surface area contributed by atoms with Gasteiger partial charge in [0.1, 0.15) is 5.75 Å². The van der Waals surface area contributed by atoms with Crippen molar-refractivity contribution in [2.75, 3.05) is 0 Å². The Bertz CT molecular complexity index is 844. The minimum atomic E-state index is -4.57. The van der Waals surface area contributed by atoms with Gasteiger partial charge in [-0.1, -0.05) is 0 Å². The Hall–Kier alpha value is -1.20. The lowest BCUT2D eigenvalue weighted by Crippen LogP contribution is -2.00. The summed E-state index contributed by atoms with van der Waals surface area (Å²) in [4.78, 5) is -1.08. The van der Waals surface area contributed by atoms with Crippen molar-refractivity contribution in [3.05, 3.63) is 28.7 Å². The van der Waals surface area contributed by atoms with Gasteiger partial charge in [0.25, 0.3) is 20.2 Å². The fourth-order valence-electron chi connectivity index (χ4n) is 1.69. The summed E-state index contributed by atoms with van der Waals surface area (Å²) < 4.78 is 62.4. The Labute approximate surface area is 122 Å². The fraction of sp³-hybridized carbons (Fsp3) is 0. The molecule has 20 heavy (non-hydrogen) atoms. The summed E-state index contributed by atoms with van der Waals surface area (Å²) in [6.07, 6.45) is 0. The molecule has 2 aromatic carbocycles. The Balaban J connectivity index is 2.95. The highest BCUT2D eigenvalue weighted by Crippen LogP contribution is 2.36. The summed E-state index contributed by atoms with van der Waals surface area (Å²) in [5, 5.41) is 9.93. The Morgan fingerprint density at radius 1 is 0.850 bits per heavy atom. The number of hydrogen-bond acceptors (Lipinski definition) is 5. The number of hydrogen-bond donors (Lipinski definition) is 3. The molecule has 0 amide bonds. The SMILES string of the molecule is O=S(=O)(O)c1cc(O)c2c(Br)cc(S(=O)(=O)O)cc2c1. The first-order valence-electron chi connectivity index (χ1n) is 4.91. The van der Waals surface area contributed by atoms with E-state index in [1.54, 1.807) is 0 Å². The average Bonchev–Trinajstić information content (AvgIpc) is 2.25. The van der Waals surface area contributed by atoms with Gasteiger partial charge in [-0.05, 0) is 39.5 Å². The topological polar surface area (TPSA) is 129 Å². The van der Waals surface area contributed by atoms with Crippen LogP contribution in [0.3, 0.4) is 0 Å². The van der Waals surface area contributed by atoms with Gasteiger partial charge in [0.05, 0.1) is 9.79 Å². The zero-order valence-corrected chi connectivity index (χ0v) is 12.7. The predicted octanol–water partition coefficient (Wildman–Crippen LogP) is 1.80. The maximum atomic E-state index is 11.1. The molecule has 0 heterocycles. The molecule has 0 saturated heterocycles. The molecule has 0 bridgehead atoms. The molecule has 2 rings (SSSR count). The first kappa shape index (κ1) is 15.2. The number of benzene rings is 2. The molecule has 7 nitrogen and oxygen atoms in total. The van der Waals surface area contributed by atoms with Crippen LogP contribution in [0.1, 0.15) is 0 Å². The van der Waals surface area contributed by atoms with Gasteiger partial charge < -0.3 is 5.11 Å². The van der Waals surface area contributed by atoms with Crippen LogP contribution in [0.4, 0.5) is 0 Å². The quantitative estimate of drug-likeness (QED) is 0.675. The molecular formula is C10H7BrO7S2. The number of phenolic OH excluding ortho intramolecular Hbond substituents is 1. The van der Waals surface area contributed by atoms with Crippen molar-refractivity contribution in [1.29, 1.82) is 0 Å². The normalized spacial score (nSPS) is 12.8. The Kier molecular flexibility index (Phi) is 3.55. The van der Waals surface area contributed by atoms with Crippen molar-refractivity contribution in [2.24, 2.45) is 0 Å². The van der Waals surface area contributed by atoms with Crippen LogP contribution in [0, 0.1) is 0 Å². The van der Waals surface area contributed by atoms with Crippen molar-refractivity contribution in [1.82, 2.24) is 0 Å². The molecule has 0 unspecified atom stereocenters. The second-order valence-electron chi connectivity index (χ2n) is 3.90. The molecule has 0 aliphatic heterocycles. The maximum absolute atomic E-state index is 11.1. The average molecular weight is 383 g/mol. The first-order valence-corrected chi connectivity index (χ1v) is 8.59. The van der Waals surface area contributed by atoms with Crippen LogP contribution in [-0.4, -0.2) is 31.0 Å². The van der Waals surface area contributed by atoms with E-state index in [0.717, 1.165) is 24.3 Å². The van der Waals surface area contributed by atoms with Crippen LogP contribution in [0.25, 0.3) is 10.8 Å². The molecule has 0 atom stereocenters. The molecule has 108 valence electrons. The first-order chi connectivity index (χ1) is 9.00. The monoisotopic (exact) mass is 382 g/mol. The van der Waals surface area contributed by atoms with Crippen molar-refractivity contribution < 1.29 is 31.0 Å². The van der Waals surface area contributed by atoms with E-state index in [-0.39, 0.29) is 15.2 Å². The van der Waals surface area contributed by atoms with Crippen LogP contribution in [0.2, 0.25) is 0 Å². The molecule has 0 spiro atoms. The lowest BCUT2D eigenvalue weighted by molar-refractivity contribution is 0.470. The highest BCUT2D eigenvalue weighted by Gasteiger charge is 2.18. The van der Waals surface area contributed by atoms with Crippen LogP contribution >= 0.6 is 15.9 Å². The molecule has 10 heteroatoms. The number of aromatic hydroxyl groups is 1. The zero-order chi connectivity index (χ0) is 15.3. The molecule has 2 aromatic rings. The third-order valence-corrected chi connectivity index (χ3v) is 4.81. The van der Waals surface area contributed by atoms with Gasteiger partial charge in [-0.3, -0.25) is 9.11 Å². The van der Waals surface area contributed by atoms with E-state index in [1.165, 1.54) is 0 Å². The van der Waals surface area contributed by atoms with Gasteiger partial charge in [0.15, 0.2) is 0 Å². The second kappa shape index (κ2) is 4.67. The van der Waals surface area contributed by atoms with Crippen molar-refractivity contribution in [3.63, 3.8) is 0 Å². The smallest absolute Gasteiger partial charge is 0.294 e. The summed E-state index contributed by atoms with van der Waals surface area (Å²) in [5.41, 5.74) is 0. The minimum Gasteiger partial charge on any atom is -0.507 e. The maximum Gasteiger partial charge on any atom is 0.294 e. The van der Waals surface area contributed by atoms with Gasteiger partial charge in [0.2, 0.25) is 0 Å². The zero-order valence-electron chi connectivity index (χ0n) is 9.48. The number of rotatable bonds is 2. The number of halogens is 1. The van der Waals surface area contributed by atoms with Crippen LogP contribution in [0.5, 0.6) is 5.75 Å². The number of fused-ring (bicyclic) bond motifs is 1. The lowest BCUT2D eigenvalue weighted by atomic mass is 10.1. The molecule has 0 aliphatic carbocycles. The van der Waals surface area contributed by atoms with Crippen LogP contribution < -0.4 is 0 Å². The largest absolute Gasteiger partial charge is 0.507 e. The predicted molar refractivity (Wildman–Crippen MR) is 72.9 cm³/mol. The van der Waals surface area contributed by atoms with Crippen molar-refractivity contribution in [3.8, 4) is 5.75 Å². The molecule has 0 saturated carbocycles. The van der Waals surface area contributed by atoms with E-state index >= 15 is 0 Å². The molecule has 0 aromatic heterocycles. The van der Waals surface area contributed by atoms with Gasteiger partial charge in [-0.2, -0.15) is 16.8 Å². The molecule has 3 N–H and O–H groups in total. The van der Waals surface area contributed by atoms with Gasteiger partial charge in [-0.15, -0.1) is 0 Å². The Morgan fingerprint density at radius 3 is 1.75 bits per heavy atom. The summed E-state index contributed by atoms with van der Waals surface area (Å²) in [5.74, 6) is -0.469. The molecule has 0 fully saturated rings. The van der Waals surface area contributed by atoms with Gasteiger partial charge in [-0.25, -0.2) is 0 Å². The highest BCUT2D eigenvalue weighted by atomic mass is 79.9. The fourth-order valence-corrected chi connectivity index (χ4v) is 3.60. The van der Waals surface area contributed by atoms with E-state index in [2.05, 4.69) is 15.9 Å². The van der Waals surface area contributed by atoms with Crippen LogP contribution in [-0.2, 0) is 20.2 Å². The van der Waals surface area contributed by atoms with E-state index in [0.29, 0.717) is 0 Å². The second-order valence-corrected chi connectivity index (χ2v) is 7.59. The highest BCUT2D eigenvalue weighted by molar-refractivity contribution is 9.10. The van der Waals surface area contributed by atoms with E-state index in [9.17, 15) is 21.9 Å². The standard InChI is InChI=1S/C10H7BrO7S2/c11-8-3-6(19(13,14)15)1-5-2-7(20(16,17)18)4-9(12)10(5)8/h1-4,12H,(H,13,14,15)(H,16,17,18). The molecular weight excluding hydrogens is 376 g/mol. The Morgan fingerprint density at radius 2 is 1.30 bits per heavy atom. The van der Waals surface area contributed by atoms with Gasteiger partial charge in [0, 0.05) is 15.9 Å². The molecule has 0 radical (unpaired) electrons. The number of phenols is 1. The van der Waals surface area contributed by atoms with Gasteiger partial charge >= 0.3 is 0 Å². The minimum absolute atomic E-state index is 0.0135. The van der Waals surface area contributed by atoms with E-state index in [4.69, 9.17) is 9.11 Å². The summed E-state index contributed by atoms with van der Waals surface area (Å²) in [7, 11) is -9.07. The third kappa shape index (κ3) is 2.79. The van der Waals surface area contributed by atoms with E-state index < -0.39 is 35.8 Å². The van der Waals surface area contributed by atoms with Crippen LogP contribution in [0.15, 0.2) is 38.5 Å². The summed E-state index contributed by atoms with van der Waals surface area (Å²) in [6, 6.07) is 3.84. The lowest BCUT2D eigenvalue weighted by Gasteiger charge is -2.08. The molecule has 0 aliphatic rings. The summed E-state index contributed by atoms with van der Waals surface area (Å²) in [6.45, 7) is 0. The van der Waals surface area contributed by atoms with Crippen molar-refractivity contribution in [2.45, 2.75) is 9.79 Å². The summed E-state index contributed by atoms with van der Waals surface area (Å²) >= 11 is 3.02. The van der Waals surface area contributed by atoms with Crippen molar-refractivity contribution >= 4 is 46.9 Å². The van der Waals surface area contributed by atoms with E-state index in [1.807, 2.05) is 0 Å².